The van der Waals surface area contributed by atoms with Gasteiger partial charge in [-0.15, -0.1) is 0 Å². The average Bonchev–Trinajstić information content (AvgIpc) is 2.55. The van der Waals surface area contributed by atoms with Crippen molar-refractivity contribution in [2.45, 2.75) is 0 Å². The van der Waals surface area contributed by atoms with Crippen LogP contribution in [-0.2, 0) is 9.59 Å². The Hall–Kier alpha value is -2.63. The first-order valence-corrected chi connectivity index (χ1v) is 7.64. The summed E-state index contributed by atoms with van der Waals surface area (Å²) in [6, 6.07) is 12.3. The normalized spacial score (nSPS) is 16.5. The van der Waals surface area contributed by atoms with E-state index in [2.05, 4.69) is 5.32 Å². The molecular formula is C17H10Cl2N2O3. The quantitative estimate of drug-likeness (QED) is 0.656. The Morgan fingerprint density at radius 2 is 1.62 bits per heavy atom. The van der Waals surface area contributed by atoms with Gasteiger partial charge in [0, 0.05) is 0 Å². The molecule has 2 aromatic rings. The van der Waals surface area contributed by atoms with E-state index in [0.29, 0.717) is 21.3 Å². The van der Waals surface area contributed by atoms with Crippen molar-refractivity contribution in [1.29, 1.82) is 0 Å². The van der Waals surface area contributed by atoms with E-state index in [1.54, 1.807) is 42.5 Å². The molecule has 0 unspecified atom stereocenters. The molecule has 0 spiro atoms. The van der Waals surface area contributed by atoms with E-state index in [0.717, 1.165) is 4.90 Å². The lowest BCUT2D eigenvalue weighted by atomic mass is 10.1. The average molecular weight is 361 g/mol. The van der Waals surface area contributed by atoms with Gasteiger partial charge in [-0.05, 0) is 35.9 Å². The summed E-state index contributed by atoms with van der Waals surface area (Å²) >= 11 is 11.8. The molecule has 120 valence electrons. The van der Waals surface area contributed by atoms with E-state index in [1.165, 1.54) is 12.1 Å². The summed E-state index contributed by atoms with van der Waals surface area (Å²) in [5.74, 6) is -1.47. The van der Waals surface area contributed by atoms with Crippen molar-refractivity contribution in [2.75, 3.05) is 4.90 Å². The van der Waals surface area contributed by atoms with Crippen LogP contribution in [0.3, 0.4) is 0 Å². The molecule has 1 heterocycles. The first-order valence-electron chi connectivity index (χ1n) is 6.89. The minimum atomic E-state index is -0.789. The molecule has 0 atom stereocenters. The van der Waals surface area contributed by atoms with E-state index in [1.807, 2.05) is 0 Å². The molecule has 24 heavy (non-hydrogen) atoms. The zero-order valence-electron chi connectivity index (χ0n) is 12.1. The summed E-state index contributed by atoms with van der Waals surface area (Å²) in [5, 5.41) is 2.81. The lowest BCUT2D eigenvalue weighted by Gasteiger charge is -2.26. The molecule has 7 heteroatoms. The minimum Gasteiger partial charge on any atom is -0.273 e. The Labute approximate surface area is 147 Å². The van der Waals surface area contributed by atoms with E-state index < -0.39 is 17.8 Å². The van der Waals surface area contributed by atoms with Crippen molar-refractivity contribution in [1.82, 2.24) is 5.32 Å². The summed E-state index contributed by atoms with van der Waals surface area (Å²) in [5.41, 5.74) is 0.717. The van der Waals surface area contributed by atoms with Gasteiger partial charge in [0.05, 0.1) is 15.7 Å². The number of rotatable bonds is 2. The highest BCUT2D eigenvalue weighted by atomic mass is 35.5. The topological polar surface area (TPSA) is 66.5 Å². The van der Waals surface area contributed by atoms with E-state index >= 15 is 0 Å². The zero-order chi connectivity index (χ0) is 17.3. The number of para-hydroxylation sites is 1. The number of imide groups is 2. The number of hydrogen-bond acceptors (Lipinski definition) is 3. The second kappa shape index (κ2) is 6.47. The van der Waals surface area contributed by atoms with Crippen LogP contribution in [0.2, 0.25) is 10.0 Å². The molecule has 1 aliphatic rings. The molecule has 2 aromatic carbocycles. The summed E-state index contributed by atoms with van der Waals surface area (Å²) in [7, 11) is 0. The predicted molar refractivity (Wildman–Crippen MR) is 91.9 cm³/mol. The van der Waals surface area contributed by atoms with Gasteiger partial charge in [0.1, 0.15) is 5.57 Å². The standard InChI is InChI=1S/C17H10Cl2N2O3/c18-13-7-6-10(9-14(13)19)8-12-15(22)20-17(24)21(16(12)23)11-4-2-1-3-5-11/h1-9H,(H,20,22,24)/b12-8-. The Morgan fingerprint density at radius 3 is 2.29 bits per heavy atom. The molecule has 4 amide bonds. The van der Waals surface area contributed by atoms with Crippen molar-refractivity contribution >= 4 is 52.8 Å². The Kier molecular flexibility index (Phi) is 4.38. The first kappa shape index (κ1) is 16.2. The molecule has 1 fully saturated rings. The second-order valence-electron chi connectivity index (χ2n) is 4.97. The highest BCUT2D eigenvalue weighted by molar-refractivity contribution is 6.42. The van der Waals surface area contributed by atoms with E-state index in [9.17, 15) is 14.4 Å². The highest BCUT2D eigenvalue weighted by Gasteiger charge is 2.36. The van der Waals surface area contributed by atoms with Crippen LogP contribution in [0.15, 0.2) is 54.1 Å². The van der Waals surface area contributed by atoms with Gasteiger partial charge in [-0.25, -0.2) is 9.69 Å². The number of carbonyl (C=O) groups excluding carboxylic acids is 3. The maximum Gasteiger partial charge on any atom is 0.335 e. The number of anilines is 1. The SMILES string of the molecule is O=C1NC(=O)N(c2ccccc2)C(=O)/C1=C\c1ccc(Cl)c(Cl)c1. The first-order chi connectivity index (χ1) is 11.5. The van der Waals surface area contributed by atoms with Gasteiger partial charge in [0.25, 0.3) is 11.8 Å². The molecule has 0 saturated carbocycles. The third-order valence-electron chi connectivity index (χ3n) is 3.37. The van der Waals surface area contributed by atoms with Crippen LogP contribution >= 0.6 is 23.2 Å². The van der Waals surface area contributed by atoms with Crippen LogP contribution in [0.1, 0.15) is 5.56 Å². The van der Waals surface area contributed by atoms with Crippen LogP contribution in [0.25, 0.3) is 6.08 Å². The van der Waals surface area contributed by atoms with Crippen LogP contribution < -0.4 is 10.2 Å². The van der Waals surface area contributed by atoms with Crippen molar-refractivity contribution in [3.05, 3.63) is 69.7 Å². The predicted octanol–water partition coefficient (Wildman–Crippen LogP) is 3.66. The number of urea groups is 1. The van der Waals surface area contributed by atoms with E-state index in [-0.39, 0.29) is 5.57 Å². The molecule has 5 nitrogen and oxygen atoms in total. The molecule has 0 aliphatic carbocycles. The number of hydrogen-bond donors (Lipinski definition) is 1. The maximum atomic E-state index is 12.6. The van der Waals surface area contributed by atoms with Crippen LogP contribution in [-0.4, -0.2) is 17.8 Å². The third-order valence-corrected chi connectivity index (χ3v) is 4.11. The number of nitrogens with zero attached hydrogens (tertiary/aromatic N) is 1. The highest BCUT2D eigenvalue weighted by Crippen LogP contribution is 2.25. The van der Waals surface area contributed by atoms with Crippen molar-refractivity contribution < 1.29 is 14.4 Å². The van der Waals surface area contributed by atoms with Crippen LogP contribution in [0.5, 0.6) is 0 Å². The molecule has 1 N–H and O–H groups in total. The van der Waals surface area contributed by atoms with Gasteiger partial charge in [0.2, 0.25) is 0 Å². The number of benzene rings is 2. The lowest BCUT2D eigenvalue weighted by molar-refractivity contribution is -0.122. The Morgan fingerprint density at radius 1 is 0.917 bits per heavy atom. The summed E-state index contributed by atoms with van der Waals surface area (Å²) in [6.07, 6.45) is 1.36. The zero-order valence-corrected chi connectivity index (χ0v) is 13.6. The smallest absolute Gasteiger partial charge is 0.273 e. The van der Waals surface area contributed by atoms with Gasteiger partial charge >= 0.3 is 6.03 Å². The van der Waals surface area contributed by atoms with Crippen LogP contribution in [0.4, 0.5) is 10.5 Å². The molecule has 1 aliphatic heterocycles. The van der Waals surface area contributed by atoms with Crippen molar-refractivity contribution in [3.8, 4) is 0 Å². The fourth-order valence-corrected chi connectivity index (χ4v) is 2.54. The number of amides is 4. The maximum absolute atomic E-state index is 12.6. The van der Waals surface area contributed by atoms with E-state index in [4.69, 9.17) is 23.2 Å². The molecule has 0 bridgehead atoms. The molecule has 1 saturated heterocycles. The minimum absolute atomic E-state index is 0.170. The third kappa shape index (κ3) is 3.04. The van der Waals surface area contributed by atoms with Gasteiger partial charge in [-0.3, -0.25) is 14.9 Å². The molecule has 3 rings (SSSR count). The van der Waals surface area contributed by atoms with Crippen molar-refractivity contribution in [2.24, 2.45) is 0 Å². The Bertz CT molecular complexity index is 879. The Balaban J connectivity index is 2.02. The summed E-state index contributed by atoms with van der Waals surface area (Å²) in [4.78, 5) is 37.6. The van der Waals surface area contributed by atoms with Gasteiger partial charge in [0.15, 0.2) is 0 Å². The second-order valence-corrected chi connectivity index (χ2v) is 5.78. The number of barbiturate groups is 1. The van der Waals surface area contributed by atoms with Gasteiger partial charge in [-0.1, -0.05) is 47.5 Å². The lowest BCUT2D eigenvalue weighted by Crippen LogP contribution is -2.54. The fourth-order valence-electron chi connectivity index (χ4n) is 2.24. The number of carbonyl (C=O) groups is 3. The van der Waals surface area contributed by atoms with Gasteiger partial charge < -0.3 is 0 Å². The summed E-state index contributed by atoms with van der Waals surface area (Å²) in [6.45, 7) is 0. The molecular weight excluding hydrogens is 351 g/mol. The van der Waals surface area contributed by atoms with Crippen LogP contribution in [0, 0.1) is 0 Å². The van der Waals surface area contributed by atoms with Gasteiger partial charge in [-0.2, -0.15) is 0 Å². The fraction of sp³-hybridized carbons (Fsp3) is 0. The number of halogens is 2. The van der Waals surface area contributed by atoms with Crippen molar-refractivity contribution in [3.63, 3.8) is 0 Å². The summed E-state index contributed by atoms with van der Waals surface area (Å²) < 4.78 is 0. The monoisotopic (exact) mass is 360 g/mol. The molecule has 0 aromatic heterocycles. The number of nitrogens with one attached hydrogen (secondary N) is 1. The largest absolute Gasteiger partial charge is 0.335 e. The molecule has 0 radical (unpaired) electrons.